The summed E-state index contributed by atoms with van der Waals surface area (Å²) in [6, 6.07) is 10.7. The van der Waals surface area contributed by atoms with E-state index in [1.54, 1.807) is 12.1 Å². The van der Waals surface area contributed by atoms with Crippen LogP contribution in [0.3, 0.4) is 0 Å². The van der Waals surface area contributed by atoms with Gasteiger partial charge in [-0.3, -0.25) is 10.1 Å². The first-order chi connectivity index (χ1) is 15.5. The van der Waals surface area contributed by atoms with Crippen molar-refractivity contribution in [2.24, 2.45) is 11.1 Å². The minimum atomic E-state index is -0.508. The van der Waals surface area contributed by atoms with Gasteiger partial charge in [-0.1, -0.05) is 56.6 Å². The number of hydrogen-bond acceptors (Lipinski definition) is 3. The van der Waals surface area contributed by atoms with Crippen molar-refractivity contribution in [2.45, 2.75) is 33.7 Å². The van der Waals surface area contributed by atoms with Gasteiger partial charge in [0.05, 0.1) is 36.3 Å². The maximum Gasteiger partial charge on any atom is 0.324 e. The molecule has 1 aliphatic rings. The van der Waals surface area contributed by atoms with Crippen LogP contribution in [-0.2, 0) is 13.0 Å². The smallest absolute Gasteiger partial charge is 0.324 e. The first kappa shape index (κ1) is 26.3. The number of urea groups is 1. The van der Waals surface area contributed by atoms with Gasteiger partial charge in [0.2, 0.25) is 0 Å². The average Bonchev–Trinajstić information content (AvgIpc) is 3.05. The Morgan fingerprint density at radius 3 is 2.44 bits per heavy atom. The van der Waals surface area contributed by atoms with Gasteiger partial charge in [-0.25, -0.2) is 4.79 Å². The largest absolute Gasteiger partial charge is 0.365 e. The number of anilines is 2. The average molecular weight is 523 g/mol. The zero-order valence-electron chi connectivity index (χ0n) is 19.8. The van der Waals surface area contributed by atoms with Crippen molar-refractivity contribution in [3.8, 4) is 0 Å². The molecule has 182 valence electrons. The summed E-state index contributed by atoms with van der Waals surface area (Å²) in [6.07, 6.45) is 0.766. The number of primary amides is 1. The van der Waals surface area contributed by atoms with E-state index in [1.165, 1.54) is 11.3 Å². The van der Waals surface area contributed by atoms with E-state index in [9.17, 15) is 9.59 Å². The Kier molecular flexibility index (Phi) is 7.53. The van der Waals surface area contributed by atoms with Crippen molar-refractivity contribution in [1.82, 2.24) is 0 Å². The van der Waals surface area contributed by atoms with Crippen LogP contribution in [0.4, 0.5) is 15.5 Å². The highest BCUT2D eigenvalue weighted by Crippen LogP contribution is 2.40. The molecule has 0 fully saturated rings. The maximum absolute atomic E-state index is 12.9. The summed E-state index contributed by atoms with van der Waals surface area (Å²) in [5.74, 6) is -0.508. The minimum absolute atomic E-state index is 0. The molecule has 6 nitrogen and oxygen atoms in total. The number of nitrogens with two attached hydrogens (primary N) is 1. The molecule has 0 radical (unpaired) electrons. The maximum atomic E-state index is 12.9. The second kappa shape index (κ2) is 9.74. The van der Waals surface area contributed by atoms with E-state index in [-0.39, 0.29) is 17.8 Å². The summed E-state index contributed by atoms with van der Waals surface area (Å²) in [7, 11) is 2.25. The first-order valence-electron chi connectivity index (χ1n) is 11.0. The standard InChI is InChI=1S/C25H29ClN4O2S.ClH/c1-25(2,3)14-30(4)12-11-17-20(13-30)33-23(21(17)22(27)31)29-24(32)28-19-10-9-18(26)15-7-5-6-8-16(15)19;/h5-10H,11-14H2,1-4H3,(H3-,27,28,29,31,32);1H/p+1. The molecule has 0 saturated heterocycles. The van der Waals surface area contributed by atoms with Crippen molar-refractivity contribution in [1.29, 1.82) is 0 Å². The number of likely N-dealkylation sites (N-methyl/N-ethyl adjacent to an activating group) is 1. The van der Waals surface area contributed by atoms with Gasteiger partial charge in [0, 0.05) is 27.6 Å². The Bertz CT molecular complexity index is 1250. The predicted octanol–water partition coefficient (Wildman–Crippen LogP) is 6.27. The number of halogens is 2. The van der Waals surface area contributed by atoms with Crippen LogP contribution in [0, 0.1) is 5.41 Å². The van der Waals surface area contributed by atoms with Gasteiger partial charge in [0.1, 0.15) is 11.5 Å². The Morgan fingerprint density at radius 2 is 1.79 bits per heavy atom. The quantitative estimate of drug-likeness (QED) is 0.353. The van der Waals surface area contributed by atoms with Gasteiger partial charge in [0.15, 0.2) is 0 Å². The minimum Gasteiger partial charge on any atom is -0.365 e. The normalized spacial score (nSPS) is 17.6. The second-order valence-corrected chi connectivity index (χ2v) is 11.8. The number of nitrogens with zero attached hydrogens (tertiary/aromatic N) is 1. The molecule has 0 aliphatic carbocycles. The van der Waals surface area contributed by atoms with Crippen molar-refractivity contribution < 1.29 is 14.1 Å². The zero-order chi connectivity index (χ0) is 24.0. The third-order valence-electron chi connectivity index (χ3n) is 5.97. The molecule has 2 heterocycles. The van der Waals surface area contributed by atoms with Crippen molar-refractivity contribution in [3.05, 3.63) is 57.4 Å². The van der Waals surface area contributed by atoms with Gasteiger partial charge >= 0.3 is 6.03 Å². The molecule has 1 aliphatic heterocycles. The molecule has 0 bridgehead atoms. The molecular weight excluding hydrogens is 491 g/mol. The molecule has 2 aromatic carbocycles. The molecule has 34 heavy (non-hydrogen) atoms. The summed E-state index contributed by atoms with van der Waals surface area (Å²) >= 11 is 7.75. The molecule has 0 saturated carbocycles. The first-order valence-corrected chi connectivity index (χ1v) is 12.2. The van der Waals surface area contributed by atoms with E-state index in [0.717, 1.165) is 51.8 Å². The molecule has 3 amide bonds. The molecule has 3 aromatic rings. The molecule has 0 spiro atoms. The lowest BCUT2D eigenvalue weighted by Crippen LogP contribution is -2.51. The Balaban J connectivity index is 0.00000324. The number of fused-ring (bicyclic) bond motifs is 2. The van der Waals surface area contributed by atoms with Gasteiger partial charge in [0.25, 0.3) is 5.91 Å². The monoisotopic (exact) mass is 521 g/mol. The number of carbonyl (C=O) groups excluding carboxylic acids is 2. The van der Waals surface area contributed by atoms with E-state index in [1.807, 2.05) is 24.3 Å². The lowest BCUT2D eigenvalue weighted by molar-refractivity contribution is -0.929. The van der Waals surface area contributed by atoms with Crippen LogP contribution in [0.15, 0.2) is 36.4 Å². The van der Waals surface area contributed by atoms with Crippen LogP contribution >= 0.6 is 35.3 Å². The number of quaternary nitrogens is 1. The Labute approximate surface area is 215 Å². The summed E-state index contributed by atoms with van der Waals surface area (Å²) in [5.41, 5.74) is 8.00. The molecule has 4 rings (SSSR count). The molecule has 1 atom stereocenters. The van der Waals surface area contributed by atoms with Crippen molar-refractivity contribution >= 4 is 68.7 Å². The van der Waals surface area contributed by atoms with Gasteiger partial charge in [-0.05, 0) is 17.7 Å². The highest BCUT2D eigenvalue weighted by molar-refractivity contribution is 7.17. The topological polar surface area (TPSA) is 84.2 Å². The number of hydrogen-bond donors (Lipinski definition) is 3. The third-order valence-corrected chi connectivity index (χ3v) is 7.43. The number of nitrogens with one attached hydrogen (secondary N) is 2. The van der Waals surface area contributed by atoms with Gasteiger partial charge in [-0.15, -0.1) is 23.7 Å². The second-order valence-electron chi connectivity index (χ2n) is 10.3. The Morgan fingerprint density at radius 1 is 1.12 bits per heavy atom. The van der Waals surface area contributed by atoms with Gasteiger partial charge < -0.3 is 15.5 Å². The van der Waals surface area contributed by atoms with Crippen molar-refractivity contribution in [3.63, 3.8) is 0 Å². The lowest BCUT2D eigenvalue weighted by atomic mass is 9.92. The lowest BCUT2D eigenvalue weighted by Gasteiger charge is -2.41. The SMILES string of the molecule is CC(C)(C)C[N+]1(C)CCc2c(sc(NC(=O)Nc3ccc(Cl)c4ccccc34)c2C(N)=O)C1.Cl. The summed E-state index contributed by atoms with van der Waals surface area (Å²) in [6.45, 7) is 9.52. The van der Waals surface area contributed by atoms with E-state index < -0.39 is 11.9 Å². The van der Waals surface area contributed by atoms with Crippen LogP contribution in [0.2, 0.25) is 5.02 Å². The fourth-order valence-corrected chi connectivity index (χ4v) is 6.62. The number of benzene rings is 2. The predicted molar refractivity (Wildman–Crippen MR) is 144 cm³/mol. The zero-order valence-corrected chi connectivity index (χ0v) is 22.2. The molecule has 4 N–H and O–H groups in total. The van der Waals surface area contributed by atoms with Crippen LogP contribution in [-0.4, -0.2) is 36.6 Å². The number of carbonyl (C=O) groups is 2. The van der Waals surface area contributed by atoms with E-state index in [4.69, 9.17) is 17.3 Å². The molecule has 1 unspecified atom stereocenters. The van der Waals surface area contributed by atoms with Crippen LogP contribution < -0.4 is 16.4 Å². The van der Waals surface area contributed by atoms with E-state index in [0.29, 0.717) is 21.3 Å². The molecule has 9 heteroatoms. The summed E-state index contributed by atoms with van der Waals surface area (Å²) in [4.78, 5) is 26.4. The van der Waals surface area contributed by atoms with Crippen molar-refractivity contribution in [2.75, 3.05) is 30.8 Å². The summed E-state index contributed by atoms with van der Waals surface area (Å²) in [5, 5.41) is 8.61. The molecular formula is C25H31Cl2N4O2S+. The summed E-state index contributed by atoms with van der Waals surface area (Å²) < 4.78 is 0.900. The van der Waals surface area contributed by atoms with E-state index in [2.05, 4.69) is 38.5 Å². The number of amides is 3. The van der Waals surface area contributed by atoms with Crippen LogP contribution in [0.5, 0.6) is 0 Å². The third kappa shape index (κ3) is 5.49. The van der Waals surface area contributed by atoms with Crippen LogP contribution in [0.1, 0.15) is 41.6 Å². The van der Waals surface area contributed by atoms with Gasteiger partial charge in [-0.2, -0.15) is 0 Å². The molecule has 1 aromatic heterocycles. The fraction of sp³-hybridized carbons (Fsp3) is 0.360. The Hall–Kier alpha value is -2.32. The number of thiophene rings is 1. The highest BCUT2D eigenvalue weighted by Gasteiger charge is 2.37. The highest BCUT2D eigenvalue weighted by atomic mass is 35.5. The fourth-order valence-electron chi connectivity index (χ4n) is 4.97. The number of rotatable bonds is 4. The van der Waals surface area contributed by atoms with Crippen LogP contribution in [0.25, 0.3) is 10.8 Å². The van der Waals surface area contributed by atoms with E-state index >= 15 is 0 Å².